The first-order chi connectivity index (χ1) is 6.23. The summed E-state index contributed by atoms with van der Waals surface area (Å²) in [5.41, 5.74) is 0. The molecular weight excluding hydrogens is 213 g/mol. The van der Waals surface area contributed by atoms with E-state index in [4.69, 9.17) is 15.0 Å². The number of rotatable bonds is 0. The second-order valence-corrected chi connectivity index (χ2v) is 1.99. The molecule has 0 spiro atoms. The number of carbonyl (C=O) groups is 2. The van der Waals surface area contributed by atoms with Gasteiger partial charge in [0.2, 0.25) is 6.10 Å². The first kappa shape index (κ1) is 12.3. The Balaban J connectivity index is 0.000000364. The Morgan fingerprint density at radius 3 is 2.00 bits per heavy atom. The molecule has 6 nitrogen and oxygen atoms in total. The summed E-state index contributed by atoms with van der Waals surface area (Å²) in [4.78, 5) is 18.5. The zero-order valence-electron chi connectivity index (χ0n) is 6.45. The summed E-state index contributed by atoms with van der Waals surface area (Å²) in [6.07, 6.45) is -9.69. The predicted molar refractivity (Wildman–Crippen MR) is 32.9 cm³/mol. The lowest BCUT2D eigenvalue weighted by Gasteiger charge is -2.09. The minimum atomic E-state index is -4.51. The molecule has 9 heteroatoms. The topological polar surface area (TPSA) is 93.1 Å². The van der Waals surface area contributed by atoms with Gasteiger partial charge >= 0.3 is 18.5 Å². The van der Waals surface area contributed by atoms with Crippen molar-refractivity contribution in [3.8, 4) is 0 Å². The number of carboxylic acid groups (broad SMARTS) is 2. The molecule has 82 valence electrons. The molecule has 0 amide bonds. The summed E-state index contributed by atoms with van der Waals surface area (Å²) in [6.45, 7) is -0.734. The highest BCUT2D eigenvalue weighted by Gasteiger charge is 2.47. The molecule has 1 aliphatic heterocycles. The van der Waals surface area contributed by atoms with Crippen molar-refractivity contribution in [3.05, 3.63) is 0 Å². The summed E-state index contributed by atoms with van der Waals surface area (Å²) in [7, 11) is 0. The fourth-order valence-corrected chi connectivity index (χ4v) is 0.489. The van der Waals surface area contributed by atoms with Crippen LogP contribution in [0.4, 0.5) is 22.8 Å². The molecular formula is C5H5F3O6. The van der Waals surface area contributed by atoms with E-state index >= 15 is 0 Å². The molecule has 1 fully saturated rings. The Morgan fingerprint density at radius 2 is 1.86 bits per heavy atom. The minimum Gasteiger partial charge on any atom is -0.450 e. The Morgan fingerprint density at radius 1 is 1.43 bits per heavy atom. The molecule has 1 rings (SSSR count). The molecule has 0 aromatic rings. The lowest BCUT2D eigenvalue weighted by Crippen LogP contribution is -2.30. The normalized spacial score (nSPS) is 20.2. The van der Waals surface area contributed by atoms with Crippen molar-refractivity contribution in [1.82, 2.24) is 0 Å². The van der Waals surface area contributed by atoms with Crippen molar-refractivity contribution in [2.75, 3.05) is 6.61 Å². The van der Waals surface area contributed by atoms with E-state index in [-0.39, 0.29) is 0 Å². The van der Waals surface area contributed by atoms with Crippen LogP contribution in [0.2, 0.25) is 0 Å². The zero-order chi connectivity index (χ0) is 11.4. The molecule has 1 unspecified atom stereocenters. The molecule has 14 heavy (non-hydrogen) atoms. The van der Waals surface area contributed by atoms with Crippen molar-refractivity contribution in [2.45, 2.75) is 12.3 Å². The van der Waals surface area contributed by atoms with E-state index in [1.807, 2.05) is 0 Å². The van der Waals surface area contributed by atoms with Crippen LogP contribution in [-0.2, 0) is 9.47 Å². The van der Waals surface area contributed by atoms with Crippen LogP contribution in [0.25, 0.3) is 0 Å². The van der Waals surface area contributed by atoms with Crippen LogP contribution in [0.5, 0.6) is 0 Å². The van der Waals surface area contributed by atoms with Gasteiger partial charge in [-0.05, 0) is 0 Å². The second-order valence-electron chi connectivity index (χ2n) is 1.99. The maximum Gasteiger partial charge on any atom is 0.509 e. The highest BCUT2D eigenvalue weighted by atomic mass is 19.4. The molecule has 1 saturated heterocycles. The number of carbonyl (C=O) groups excluding carboxylic acids is 1. The third-order valence-electron chi connectivity index (χ3n) is 0.956. The second kappa shape index (κ2) is 4.53. The van der Waals surface area contributed by atoms with Crippen LogP contribution >= 0.6 is 0 Å². The van der Waals surface area contributed by atoms with Gasteiger partial charge in [0.05, 0.1) is 0 Å². The van der Waals surface area contributed by atoms with E-state index in [9.17, 15) is 18.0 Å². The van der Waals surface area contributed by atoms with Crippen molar-refractivity contribution < 1.29 is 42.4 Å². The number of halogens is 3. The molecule has 0 bridgehead atoms. The van der Waals surface area contributed by atoms with E-state index in [0.717, 1.165) is 0 Å². The maximum absolute atomic E-state index is 11.6. The minimum absolute atomic E-state index is 0.734. The van der Waals surface area contributed by atoms with Gasteiger partial charge in [-0.3, -0.25) is 0 Å². The van der Waals surface area contributed by atoms with Crippen LogP contribution in [0.3, 0.4) is 0 Å². The average molecular weight is 218 g/mol. The number of hydrogen-bond donors (Lipinski definition) is 2. The van der Waals surface area contributed by atoms with Gasteiger partial charge in [0.15, 0.2) is 0 Å². The van der Waals surface area contributed by atoms with Crippen LogP contribution < -0.4 is 0 Å². The monoisotopic (exact) mass is 218 g/mol. The van der Waals surface area contributed by atoms with Crippen molar-refractivity contribution in [3.63, 3.8) is 0 Å². The number of hydrogen-bond acceptors (Lipinski definition) is 4. The van der Waals surface area contributed by atoms with Crippen molar-refractivity contribution in [1.29, 1.82) is 0 Å². The van der Waals surface area contributed by atoms with Gasteiger partial charge in [-0.1, -0.05) is 0 Å². The van der Waals surface area contributed by atoms with Crippen LogP contribution in [0, 0.1) is 0 Å². The lowest BCUT2D eigenvalue weighted by atomic mass is 10.4. The molecule has 0 aromatic carbocycles. The van der Waals surface area contributed by atoms with E-state index in [1.165, 1.54) is 0 Å². The molecule has 0 aliphatic carbocycles. The number of ether oxygens (including phenoxy) is 2. The van der Waals surface area contributed by atoms with Gasteiger partial charge < -0.3 is 19.7 Å². The van der Waals surface area contributed by atoms with Crippen LogP contribution in [0.15, 0.2) is 0 Å². The highest BCUT2D eigenvalue weighted by molar-refractivity contribution is 5.61. The first-order valence-electron chi connectivity index (χ1n) is 3.05. The van der Waals surface area contributed by atoms with Crippen LogP contribution in [-0.4, -0.2) is 41.4 Å². The standard InChI is InChI=1S/C4H3F3O3.CH2O3/c5-4(6,7)2-1-9-3(8)10-2;2-1(3)4/h2H,1H2;(H2,2,3,4). The summed E-state index contributed by atoms with van der Waals surface area (Å²) in [6, 6.07) is 0. The van der Waals surface area contributed by atoms with Gasteiger partial charge in [-0.25, -0.2) is 9.59 Å². The third-order valence-corrected chi connectivity index (χ3v) is 0.956. The lowest BCUT2D eigenvalue weighted by molar-refractivity contribution is -0.193. The predicted octanol–water partition coefficient (Wildman–Crippen LogP) is 1.31. The summed E-state index contributed by atoms with van der Waals surface area (Å²) in [5.74, 6) is 0. The molecule has 0 aromatic heterocycles. The van der Waals surface area contributed by atoms with Gasteiger partial charge in [-0.2, -0.15) is 13.2 Å². The number of alkyl halides is 3. The quantitative estimate of drug-likeness (QED) is 0.595. The zero-order valence-corrected chi connectivity index (χ0v) is 6.45. The van der Waals surface area contributed by atoms with E-state index < -0.39 is 31.2 Å². The molecule has 1 atom stereocenters. The fraction of sp³-hybridized carbons (Fsp3) is 0.600. The fourth-order valence-electron chi connectivity index (χ4n) is 0.489. The van der Waals surface area contributed by atoms with Crippen LogP contribution in [0.1, 0.15) is 0 Å². The molecule has 0 radical (unpaired) electrons. The third kappa shape index (κ3) is 5.06. The van der Waals surface area contributed by atoms with Gasteiger partial charge in [0.1, 0.15) is 6.61 Å². The first-order valence-corrected chi connectivity index (χ1v) is 3.05. The molecule has 2 N–H and O–H groups in total. The average Bonchev–Trinajstić information content (AvgIpc) is 2.32. The van der Waals surface area contributed by atoms with E-state index in [1.54, 1.807) is 0 Å². The van der Waals surface area contributed by atoms with Gasteiger partial charge in [-0.15, -0.1) is 0 Å². The summed E-state index contributed by atoms with van der Waals surface area (Å²) in [5, 5.41) is 13.9. The smallest absolute Gasteiger partial charge is 0.450 e. The Bertz CT molecular complexity index is 220. The largest absolute Gasteiger partial charge is 0.509 e. The van der Waals surface area contributed by atoms with E-state index in [2.05, 4.69) is 9.47 Å². The molecule has 0 saturated carbocycles. The van der Waals surface area contributed by atoms with Crippen molar-refractivity contribution >= 4 is 12.3 Å². The van der Waals surface area contributed by atoms with E-state index in [0.29, 0.717) is 0 Å². The number of cyclic esters (lactones) is 2. The molecule has 1 aliphatic rings. The Labute approximate surface area is 74.8 Å². The maximum atomic E-state index is 11.6. The van der Waals surface area contributed by atoms with Gasteiger partial charge in [0.25, 0.3) is 0 Å². The Hall–Kier alpha value is -1.67. The summed E-state index contributed by atoms with van der Waals surface area (Å²) < 4.78 is 42.4. The van der Waals surface area contributed by atoms with Crippen molar-refractivity contribution in [2.24, 2.45) is 0 Å². The SMILES string of the molecule is O=C(O)O.O=C1OCC(C(F)(F)F)O1. The van der Waals surface area contributed by atoms with Gasteiger partial charge in [0, 0.05) is 0 Å². The highest BCUT2D eigenvalue weighted by Crippen LogP contribution is 2.26. The molecule has 1 heterocycles. The Kier molecular flexibility index (Phi) is 3.99. The summed E-state index contributed by atoms with van der Waals surface area (Å²) >= 11 is 0.